The van der Waals surface area contributed by atoms with Crippen LogP contribution in [0.2, 0.25) is 5.02 Å². The van der Waals surface area contributed by atoms with Crippen LogP contribution in [0, 0.1) is 0 Å². The SMILES string of the molecule is O=C(N/N=C/c1ccc(-c2cccc(Cl)c2)o1)c1ccccn1. The van der Waals surface area contributed by atoms with Crippen LogP contribution in [0.4, 0.5) is 0 Å². The lowest BCUT2D eigenvalue weighted by Gasteiger charge is -1.98. The molecule has 0 spiro atoms. The Morgan fingerprint density at radius 3 is 2.87 bits per heavy atom. The van der Waals surface area contributed by atoms with Gasteiger partial charge in [-0.15, -0.1) is 0 Å². The Kier molecular flexibility index (Phi) is 4.49. The number of rotatable bonds is 4. The number of hydrogen-bond acceptors (Lipinski definition) is 4. The Morgan fingerprint density at radius 2 is 2.09 bits per heavy atom. The highest BCUT2D eigenvalue weighted by atomic mass is 35.5. The number of benzene rings is 1. The number of nitrogens with one attached hydrogen (secondary N) is 1. The third kappa shape index (κ3) is 3.84. The summed E-state index contributed by atoms with van der Waals surface area (Å²) >= 11 is 5.96. The maximum Gasteiger partial charge on any atom is 0.289 e. The average molecular weight is 326 g/mol. The molecule has 0 saturated carbocycles. The van der Waals surface area contributed by atoms with Crippen LogP contribution in [0.1, 0.15) is 16.2 Å². The number of nitrogens with zero attached hydrogens (tertiary/aromatic N) is 2. The van der Waals surface area contributed by atoms with Crippen LogP contribution in [0.15, 0.2) is 70.3 Å². The molecule has 3 aromatic rings. The van der Waals surface area contributed by atoms with Gasteiger partial charge in [-0.2, -0.15) is 5.10 Å². The van der Waals surface area contributed by atoms with Crippen molar-refractivity contribution in [3.63, 3.8) is 0 Å². The zero-order valence-electron chi connectivity index (χ0n) is 11.9. The second kappa shape index (κ2) is 6.89. The van der Waals surface area contributed by atoms with E-state index >= 15 is 0 Å². The minimum absolute atomic E-state index is 0.295. The largest absolute Gasteiger partial charge is 0.455 e. The average Bonchev–Trinajstić information content (AvgIpc) is 3.04. The molecule has 0 aliphatic rings. The van der Waals surface area contributed by atoms with Gasteiger partial charge < -0.3 is 4.42 Å². The highest BCUT2D eigenvalue weighted by molar-refractivity contribution is 6.30. The molecule has 114 valence electrons. The van der Waals surface area contributed by atoms with E-state index in [0.717, 1.165) is 5.56 Å². The quantitative estimate of drug-likeness (QED) is 0.586. The molecule has 0 fully saturated rings. The number of furan rings is 1. The van der Waals surface area contributed by atoms with E-state index in [-0.39, 0.29) is 5.91 Å². The van der Waals surface area contributed by atoms with Crippen LogP contribution in [-0.2, 0) is 0 Å². The van der Waals surface area contributed by atoms with Crippen LogP contribution in [-0.4, -0.2) is 17.1 Å². The molecule has 0 unspecified atom stereocenters. The number of hydrogen-bond donors (Lipinski definition) is 1. The molecule has 2 heterocycles. The molecule has 23 heavy (non-hydrogen) atoms. The van der Waals surface area contributed by atoms with Crippen LogP contribution in [0.3, 0.4) is 0 Å². The van der Waals surface area contributed by atoms with Crippen molar-refractivity contribution in [3.05, 3.63) is 77.3 Å². The lowest BCUT2D eigenvalue weighted by molar-refractivity contribution is 0.0950. The molecule has 1 N–H and O–H groups in total. The van der Waals surface area contributed by atoms with Crippen molar-refractivity contribution in [1.29, 1.82) is 0 Å². The van der Waals surface area contributed by atoms with Gasteiger partial charge in [-0.3, -0.25) is 9.78 Å². The van der Waals surface area contributed by atoms with E-state index in [0.29, 0.717) is 22.2 Å². The molecule has 1 amide bonds. The summed E-state index contributed by atoms with van der Waals surface area (Å²) in [5, 5.41) is 4.49. The first-order chi connectivity index (χ1) is 11.2. The zero-order chi connectivity index (χ0) is 16.1. The van der Waals surface area contributed by atoms with Crippen LogP contribution < -0.4 is 5.43 Å². The summed E-state index contributed by atoms with van der Waals surface area (Å²) in [4.78, 5) is 15.7. The Balaban J connectivity index is 1.66. The first-order valence-electron chi connectivity index (χ1n) is 6.82. The van der Waals surface area contributed by atoms with E-state index in [1.54, 1.807) is 36.5 Å². The van der Waals surface area contributed by atoms with Crippen molar-refractivity contribution in [2.24, 2.45) is 5.10 Å². The van der Waals surface area contributed by atoms with Crippen molar-refractivity contribution in [1.82, 2.24) is 10.4 Å². The minimum atomic E-state index is -0.386. The molecule has 0 aliphatic carbocycles. The van der Waals surface area contributed by atoms with Crippen LogP contribution in [0.5, 0.6) is 0 Å². The predicted molar refractivity (Wildman–Crippen MR) is 88.5 cm³/mol. The molecule has 5 nitrogen and oxygen atoms in total. The van der Waals surface area contributed by atoms with E-state index < -0.39 is 0 Å². The van der Waals surface area contributed by atoms with Gasteiger partial charge in [-0.25, -0.2) is 5.43 Å². The number of hydrazone groups is 1. The summed E-state index contributed by atoms with van der Waals surface area (Å²) < 4.78 is 5.64. The van der Waals surface area contributed by atoms with Gasteiger partial charge in [0.15, 0.2) is 0 Å². The highest BCUT2D eigenvalue weighted by Crippen LogP contribution is 2.24. The summed E-state index contributed by atoms with van der Waals surface area (Å²) in [5.41, 5.74) is 3.56. The number of amides is 1. The molecule has 0 bridgehead atoms. The Bertz CT molecular complexity index is 844. The lowest BCUT2D eigenvalue weighted by atomic mass is 10.2. The van der Waals surface area contributed by atoms with E-state index in [9.17, 15) is 4.79 Å². The summed E-state index contributed by atoms with van der Waals surface area (Å²) in [6.45, 7) is 0. The molecule has 0 aliphatic heterocycles. The molecule has 6 heteroatoms. The van der Waals surface area contributed by atoms with Crippen molar-refractivity contribution in [2.45, 2.75) is 0 Å². The van der Waals surface area contributed by atoms with Gasteiger partial charge >= 0.3 is 0 Å². The number of halogens is 1. The third-order valence-corrected chi connectivity index (χ3v) is 3.23. The van der Waals surface area contributed by atoms with E-state index in [1.807, 2.05) is 24.3 Å². The van der Waals surface area contributed by atoms with Gasteiger partial charge in [-0.05, 0) is 36.4 Å². The summed E-state index contributed by atoms with van der Waals surface area (Å²) in [5.74, 6) is 0.801. The Hall–Kier alpha value is -2.92. The topological polar surface area (TPSA) is 67.5 Å². The maximum absolute atomic E-state index is 11.8. The smallest absolute Gasteiger partial charge is 0.289 e. The van der Waals surface area contributed by atoms with E-state index in [4.69, 9.17) is 16.0 Å². The molecule has 1 aromatic carbocycles. The third-order valence-electron chi connectivity index (χ3n) is 2.99. The molecular weight excluding hydrogens is 314 g/mol. The zero-order valence-corrected chi connectivity index (χ0v) is 12.7. The van der Waals surface area contributed by atoms with E-state index in [1.165, 1.54) is 6.21 Å². The van der Waals surface area contributed by atoms with Gasteiger partial charge in [0.25, 0.3) is 5.91 Å². The fourth-order valence-corrected chi connectivity index (χ4v) is 2.12. The first-order valence-corrected chi connectivity index (χ1v) is 7.20. The van der Waals surface area contributed by atoms with Crippen molar-refractivity contribution in [2.75, 3.05) is 0 Å². The summed E-state index contributed by atoms with van der Waals surface area (Å²) in [6.07, 6.45) is 2.97. The van der Waals surface area contributed by atoms with Crippen LogP contribution >= 0.6 is 11.6 Å². The van der Waals surface area contributed by atoms with Crippen molar-refractivity contribution >= 4 is 23.7 Å². The number of carbonyl (C=O) groups excluding carboxylic acids is 1. The normalized spacial score (nSPS) is 10.8. The van der Waals surface area contributed by atoms with Gasteiger partial charge in [0.1, 0.15) is 17.2 Å². The van der Waals surface area contributed by atoms with Gasteiger partial charge in [0.05, 0.1) is 6.21 Å². The molecule has 0 saturated heterocycles. The standard InChI is InChI=1S/C17H12ClN3O2/c18-13-5-3-4-12(10-13)16-8-7-14(23-16)11-20-21-17(22)15-6-1-2-9-19-15/h1-11H,(H,21,22)/b20-11+. The maximum atomic E-state index is 11.8. The number of pyridine rings is 1. The van der Waals surface area contributed by atoms with Gasteiger partial charge in [-0.1, -0.05) is 29.8 Å². The summed E-state index contributed by atoms with van der Waals surface area (Å²) in [7, 11) is 0. The lowest BCUT2D eigenvalue weighted by Crippen LogP contribution is -2.18. The molecule has 2 aromatic heterocycles. The second-order valence-corrected chi connectivity index (χ2v) is 5.06. The molecule has 0 radical (unpaired) electrons. The fraction of sp³-hybridized carbons (Fsp3) is 0. The number of aromatic nitrogens is 1. The monoisotopic (exact) mass is 325 g/mol. The molecular formula is C17H12ClN3O2. The Morgan fingerprint density at radius 1 is 1.17 bits per heavy atom. The first kappa shape index (κ1) is 15.0. The second-order valence-electron chi connectivity index (χ2n) is 4.63. The van der Waals surface area contributed by atoms with Crippen molar-refractivity contribution < 1.29 is 9.21 Å². The minimum Gasteiger partial charge on any atom is -0.455 e. The van der Waals surface area contributed by atoms with Crippen LogP contribution in [0.25, 0.3) is 11.3 Å². The Labute approximate surface area is 137 Å². The van der Waals surface area contributed by atoms with Gasteiger partial charge in [0.2, 0.25) is 0 Å². The van der Waals surface area contributed by atoms with E-state index in [2.05, 4.69) is 15.5 Å². The fourth-order valence-electron chi connectivity index (χ4n) is 1.93. The summed E-state index contributed by atoms with van der Waals surface area (Å²) in [6, 6.07) is 16.0. The molecule has 0 atom stereocenters. The molecule has 3 rings (SSSR count). The number of carbonyl (C=O) groups is 1. The van der Waals surface area contributed by atoms with Gasteiger partial charge in [0, 0.05) is 16.8 Å². The predicted octanol–water partition coefficient (Wildman–Crippen LogP) is 3.76. The highest BCUT2D eigenvalue weighted by Gasteiger charge is 2.05. The van der Waals surface area contributed by atoms with Crippen molar-refractivity contribution in [3.8, 4) is 11.3 Å².